The summed E-state index contributed by atoms with van der Waals surface area (Å²) >= 11 is 0. The summed E-state index contributed by atoms with van der Waals surface area (Å²) in [6, 6.07) is 4.43. The van der Waals surface area contributed by atoms with Crippen LogP contribution in [0.4, 0.5) is 10.1 Å². The molecule has 0 saturated heterocycles. The van der Waals surface area contributed by atoms with Crippen LogP contribution in [0.25, 0.3) is 0 Å². The quantitative estimate of drug-likeness (QED) is 0.889. The number of amides is 1. The van der Waals surface area contributed by atoms with Gasteiger partial charge in [0.2, 0.25) is 5.91 Å². The van der Waals surface area contributed by atoms with Crippen LogP contribution < -0.4 is 15.4 Å². The Labute approximate surface area is 113 Å². The van der Waals surface area contributed by atoms with Crippen LogP contribution in [0, 0.1) is 17.7 Å². The number of methoxy groups -OCH3 is 1. The summed E-state index contributed by atoms with van der Waals surface area (Å²) in [5, 5.41) is 0. The molecule has 0 fully saturated rings. The number of nitrogens with two attached hydrogens (primary N) is 1. The largest absolute Gasteiger partial charge is 0.494 e. The van der Waals surface area contributed by atoms with Gasteiger partial charge in [0.15, 0.2) is 11.6 Å². The molecule has 1 atom stereocenters. The van der Waals surface area contributed by atoms with E-state index in [9.17, 15) is 9.18 Å². The van der Waals surface area contributed by atoms with Crippen LogP contribution >= 0.6 is 0 Å². The molecule has 1 amide bonds. The first kappa shape index (κ1) is 15.4. The van der Waals surface area contributed by atoms with Crippen molar-refractivity contribution in [1.82, 2.24) is 0 Å². The molecule has 19 heavy (non-hydrogen) atoms. The van der Waals surface area contributed by atoms with Gasteiger partial charge in [-0.15, -0.1) is 0 Å². The molecule has 1 aromatic carbocycles. The second kappa shape index (κ2) is 6.52. The Hall–Kier alpha value is -1.62. The lowest BCUT2D eigenvalue weighted by molar-refractivity contribution is -0.123. The lowest BCUT2D eigenvalue weighted by atomic mass is 9.94. The van der Waals surface area contributed by atoms with Gasteiger partial charge in [-0.25, -0.2) is 4.39 Å². The van der Waals surface area contributed by atoms with E-state index < -0.39 is 5.82 Å². The van der Waals surface area contributed by atoms with Gasteiger partial charge in [-0.05, 0) is 18.1 Å². The Balaban J connectivity index is 2.96. The molecule has 0 aliphatic carbocycles. The second-order valence-electron chi connectivity index (χ2n) is 4.80. The highest BCUT2D eigenvalue weighted by atomic mass is 19.1. The standard InChI is InChI=1S/C14H21FN2O2/c1-9(2)11(8-16)14(18)17(3)10-5-6-13(19-4)12(15)7-10/h5-7,9,11H,8,16H2,1-4H3. The molecule has 0 bridgehead atoms. The van der Waals surface area contributed by atoms with Crippen molar-refractivity contribution in [1.29, 1.82) is 0 Å². The van der Waals surface area contributed by atoms with Crippen molar-refractivity contribution in [2.24, 2.45) is 17.6 Å². The first-order valence-electron chi connectivity index (χ1n) is 6.23. The monoisotopic (exact) mass is 268 g/mol. The SMILES string of the molecule is COc1ccc(N(C)C(=O)C(CN)C(C)C)cc1F. The van der Waals surface area contributed by atoms with Gasteiger partial charge in [-0.2, -0.15) is 0 Å². The number of nitrogens with zero attached hydrogens (tertiary/aromatic N) is 1. The molecule has 1 unspecified atom stereocenters. The maximum absolute atomic E-state index is 13.6. The summed E-state index contributed by atoms with van der Waals surface area (Å²) in [5.74, 6) is -0.572. The fourth-order valence-corrected chi connectivity index (χ4v) is 1.90. The van der Waals surface area contributed by atoms with Crippen molar-refractivity contribution in [3.63, 3.8) is 0 Å². The van der Waals surface area contributed by atoms with E-state index in [1.807, 2.05) is 13.8 Å². The zero-order chi connectivity index (χ0) is 14.6. The van der Waals surface area contributed by atoms with Crippen LogP contribution in [0.1, 0.15) is 13.8 Å². The number of hydrogen-bond acceptors (Lipinski definition) is 3. The van der Waals surface area contributed by atoms with Gasteiger partial charge in [0.25, 0.3) is 0 Å². The molecule has 0 saturated carbocycles. The lowest BCUT2D eigenvalue weighted by Crippen LogP contribution is -2.39. The molecule has 1 rings (SSSR count). The molecule has 0 aliphatic rings. The van der Waals surface area contributed by atoms with Gasteiger partial charge in [0.1, 0.15) is 0 Å². The first-order chi connectivity index (χ1) is 8.92. The molecule has 4 nitrogen and oxygen atoms in total. The first-order valence-corrected chi connectivity index (χ1v) is 6.23. The number of hydrogen-bond donors (Lipinski definition) is 1. The van der Waals surface area contributed by atoms with Gasteiger partial charge in [0.05, 0.1) is 13.0 Å². The molecule has 0 heterocycles. The summed E-state index contributed by atoms with van der Waals surface area (Å²) in [5.41, 5.74) is 6.11. The predicted octanol–water partition coefficient (Wildman–Crippen LogP) is 2.03. The van der Waals surface area contributed by atoms with Crippen molar-refractivity contribution >= 4 is 11.6 Å². The van der Waals surface area contributed by atoms with Crippen molar-refractivity contribution in [3.8, 4) is 5.75 Å². The number of ether oxygens (including phenoxy) is 1. The van der Waals surface area contributed by atoms with Crippen LogP contribution in [-0.2, 0) is 4.79 Å². The highest BCUT2D eigenvalue weighted by molar-refractivity contribution is 5.94. The zero-order valence-electron chi connectivity index (χ0n) is 11.8. The van der Waals surface area contributed by atoms with Crippen LogP contribution in [0.2, 0.25) is 0 Å². The van der Waals surface area contributed by atoms with E-state index in [1.165, 1.54) is 24.1 Å². The van der Waals surface area contributed by atoms with Crippen molar-refractivity contribution in [2.45, 2.75) is 13.8 Å². The van der Waals surface area contributed by atoms with Crippen LogP contribution in [-0.4, -0.2) is 26.6 Å². The summed E-state index contributed by atoms with van der Waals surface area (Å²) in [4.78, 5) is 13.7. The number of halogens is 1. The Bertz CT molecular complexity index is 449. The van der Waals surface area contributed by atoms with Crippen LogP contribution in [0.5, 0.6) is 5.75 Å². The summed E-state index contributed by atoms with van der Waals surface area (Å²) in [6.45, 7) is 4.16. The third-order valence-corrected chi connectivity index (χ3v) is 3.23. The van der Waals surface area contributed by atoms with E-state index in [1.54, 1.807) is 13.1 Å². The van der Waals surface area contributed by atoms with E-state index in [4.69, 9.17) is 10.5 Å². The molecule has 0 aromatic heterocycles. The van der Waals surface area contributed by atoms with E-state index >= 15 is 0 Å². The average Bonchev–Trinajstić information content (AvgIpc) is 2.37. The third-order valence-electron chi connectivity index (χ3n) is 3.23. The summed E-state index contributed by atoms with van der Waals surface area (Å²) < 4.78 is 18.5. The van der Waals surface area contributed by atoms with Crippen molar-refractivity contribution in [3.05, 3.63) is 24.0 Å². The smallest absolute Gasteiger partial charge is 0.231 e. The maximum atomic E-state index is 13.6. The third kappa shape index (κ3) is 3.44. The van der Waals surface area contributed by atoms with E-state index in [0.717, 1.165) is 0 Å². The minimum Gasteiger partial charge on any atom is -0.494 e. The van der Waals surface area contributed by atoms with Gasteiger partial charge >= 0.3 is 0 Å². The van der Waals surface area contributed by atoms with Crippen LogP contribution in [0.15, 0.2) is 18.2 Å². The molecule has 0 radical (unpaired) electrons. The summed E-state index contributed by atoms with van der Waals surface area (Å²) in [6.07, 6.45) is 0. The van der Waals surface area contributed by atoms with E-state index in [-0.39, 0.29) is 30.0 Å². The van der Waals surface area contributed by atoms with Gasteiger partial charge < -0.3 is 15.4 Å². The molecule has 1 aromatic rings. The number of carbonyl (C=O) groups is 1. The van der Waals surface area contributed by atoms with Crippen LogP contribution in [0.3, 0.4) is 0 Å². The van der Waals surface area contributed by atoms with E-state index in [2.05, 4.69) is 0 Å². The molecule has 2 N–H and O–H groups in total. The minimum absolute atomic E-state index is 0.109. The Kier molecular flexibility index (Phi) is 5.30. The number of benzene rings is 1. The number of rotatable bonds is 5. The normalized spacial score (nSPS) is 12.4. The van der Waals surface area contributed by atoms with Gasteiger partial charge in [-0.1, -0.05) is 13.8 Å². The van der Waals surface area contributed by atoms with E-state index in [0.29, 0.717) is 5.69 Å². The number of carbonyl (C=O) groups excluding carboxylic acids is 1. The van der Waals surface area contributed by atoms with Crippen molar-refractivity contribution < 1.29 is 13.9 Å². The Morgan fingerprint density at radius 3 is 2.53 bits per heavy atom. The van der Waals surface area contributed by atoms with Crippen molar-refractivity contribution in [2.75, 3.05) is 25.6 Å². The highest BCUT2D eigenvalue weighted by Crippen LogP contribution is 2.24. The predicted molar refractivity (Wildman–Crippen MR) is 73.7 cm³/mol. The fraction of sp³-hybridized carbons (Fsp3) is 0.500. The molecular formula is C14H21FN2O2. The minimum atomic E-state index is -0.492. The lowest BCUT2D eigenvalue weighted by Gasteiger charge is -2.25. The summed E-state index contributed by atoms with van der Waals surface area (Å²) in [7, 11) is 3.02. The fourth-order valence-electron chi connectivity index (χ4n) is 1.90. The Morgan fingerprint density at radius 1 is 1.47 bits per heavy atom. The van der Waals surface area contributed by atoms with Gasteiger partial charge in [-0.3, -0.25) is 4.79 Å². The molecule has 0 spiro atoms. The Morgan fingerprint density at radius 2 is 2.11 bits per heavy atom. The second-order valence-corrected chi connectivity index (χ2v) is 4.80. The highest BCUT2D eigenvalue weighted by Gasteiger charge is 2.25. The zero-order valence-corrected chi connectivity index (χ0v) is 11.8. The molecular weight excluding hydrogens is 247 g/mol. The maximum Gasteiger partial charge on any atom is 0.231 e. The van der Waals surface area contributed by atoms with Gasteiger partial charge in [0, 0.05) is 25.3 Å². The molecule has 0 aliphatic heterocycles. The molecule has 5 heteroatoms. The average molecular weight is 268 g/mol. The topological polar surface area (TPSA) is 55.6 Å². The molecule has 106 valence electrons. The number of anilines is 1.